The van der Waals surface area contributed by atoms with Crippen LogP contribution in [0.25, 0.3) is 10.9 Å². The van der Waals surface area contributed by atoms with Crippen LogP contribution in [0.1, 0.15) is 46.6 Å². The smallest absolute Gasteiger partial charge is 0.328 e. The third-order valence-electron chi connectivity index (χ3n) is 6.59. The number of carbonyl (C=O) groups is 4. The molecule has 0 radical (unpaired) electrons. The van der Waals surface area contributed by atoms with Crippen molar-refractivity contribution in [3.63, 3.8) is 0 Å². The lowest BCUT2D eigenvalue weighted by Gasteiger charge is -2.28. The van der Waals surface area contributed by atoms with Crippen LogP contribution < -0.4 is 21.7 Å². The molecule has 8 N–H and O–H groups in total. The maximum Gasteiger partial charge on any atom is 0.328 e. The number of carbonyl (C=O) groups excluding carboxylic acids is 3. The van der Waals surface area contributed by atoms with Gasteiger partial charge in [0.1, 0.15) is 12.1 Å². The summed E-state index contributed by atoms with van der Waals surface area (Å²) in [6.45, 7) is 8.51. The van der Waals surface area contributed by atoms with Crippen molar-refractivity contribution >= 4 is 34.6 Å². The predicted octanol–water partition coefficient (Wildman–Crippen LogP) is 0.660. The van der Waals surface area contributed by atoms with Gasteiger partial charge in [-0.25, -0.2) is 4.79 Å². The van der Waals surface area contributed by atoms with Crippen molar-refractivity contribution in [1.82, 2.24) is 20.9 Å². The van der Waals surface area contributed by atoms with Gasteiger partial charge in [-0.3, -0.25) is 14.4 Å². The molecule has 2 aromatic rings. The summed E-state index contributed by atoms with van der Waals surface area (Å²) in [7, 11) is 0. The minimum Gasteiger partial charge on any atom is -0.480 e. The predicted molar refractivity (Wildman–Crippen MR) is 139 cm³/mol. The van der Waals surface area contributed by atoms with Gasteiger partial charge in [0, 0.05) is 23.5 Å². The number of aliphatic hydroxyl groups is 1. The molecule has 11 nitrogen and oxygen atoms in total. The zero-order valence-electron chi connectivity index (χ0n) is 21.9. The number of nitrogens with two attached hydrogens (primary N) is 1. The number of carboxylic acids is 1. The van der Waals surface area contributed by atoms with E-state index >= 15 is 0 Å². The first-order valence-corrected chi connectivity index (χ1v) is 12.5. The molecule has 0 spiro atoms. The van der Waals surface area contributed by atoms with Crippen LogP contribution in [0.2, 0.25) is 0 Å². The van der Waals surface area contributed by atoms with Crippen LogP contribution in [0.5, 0.6) is 0 Å². The first-order valence-electron chi connectivity index (χ1n) is 12.5. The molecule has 0 bridgehead atoms. The highest BCUT2D eigenvalue weighted by Crippen LogP contribution is 2.20. The molecule has 11 heteroatoms. The number of hydrogen-bond acceptors (Lipinski definition) is 6. The SMILES string of the molecule is CCC(C)C(NC(=O)C(N)C(C)C)C(=O)NC(Cc1c[nH]c2ccccc12)C(=O)NC(C(=O)O)C(C)O. The number of fused-ring (bicyclic) bond motifs is 1. The number of rotatable bonds is 13. The molecule has 6 unspecified atom stereocenters. The Balaban J connectivity index is 2.36. The van der Waals surface area contributed by atoms with E-state index in [1.54, 1.807) is 27.0 Å². The van der Waals surface area contributed by atoms with E-state index in [2.05, 4.69) is 20.9 Å². The molecule has 37 heavy (non-hydrogen) atoms. The molecule has 0 aliphatic heterocycles. The molecule has 6 atom stereocenters. The summed E-state index contributed by atoms with van der Waals surface area (Å²) in [5.41, 5.74) is 7.53. The number of aliphatic hydroxyl groups excluding tert-OH is 1. The topological polar surface area (TPSA) is 187 Å². The summed E-state index contributed by atoms with van der Waals surface area (Å²) in [6.07, 6.45) is 0.962. The minimum absolute atomic E-state index is 0.0421. The highest BCUT2D eigenvalue weighted by Gasteiger charge is 2.34. The van der Waals surface area contributed by atoms with E-state index in [4.69, 9.17) is 5.73 Å². The maximum atomic E-state index is 13.4. The molecule has 0 aliphatic rings. The number of hydrogen-bond donors (Lipinski definition) is 7. The van der Waals surface area contributed by atoms with Crippen LogP contribution in [-0.2, 0) is 25.6 Å². The quantitative estimate of drug-likeness (QED) is 0.203. The van der Waals surface area contributed by atoms with E-state index < -0.39 is 54.0 Å². The van der Waals surface area contributed by atoms with Crippen molar-refractivity contribution in [1.29, 1.82) is 0 Å². The van der Waals surface area contributed by atoms with Crippen LogP contribution >= 0.6 is 0 Å². The normalized spacial score (nSPS) is 16.3. The molecule has 0 saturated heterocycles. The number of carboxylic acid groups (broad SMARTS) is 1. The van der Waals surface area contributed by atoms with Crippen molar-refractivity contribution in [3.05, 3.63) is 36.0 Å². The van der Waals surface area contributed by atoms with Crippen molar-refractivity contribution < 1.29 is 29.4 Å². The number of benzene rings is 1. The van der Waals surface area contributed by atoms with E-state index in [0.717, 1.165) is 16.5 Å². The van der Waals surface area contributed by atoms with Crippen molar-refractivity contribution in [2.45, 2.75) is 77.7 Å². The van der Waals surface area contributed by atoms with Gasteiger partial charge in [-0.05, 0) is 30.4 Å². The Labute approximate surface area is 216 Å². The molecule has 1 aromatic carbocycles. The minimum atomic E-state index is -1.57. The van der Waals surface area contributed by atoms with E-state index in [1.807, 2.05) is 31.2 Å². The molecule has 2 rings (SSSR count). The van der Waals surface area contributed by atoms with Gasteiger partial charge in [-0.15, -0.1) is 0 Å². The first-order chi connectivity index (χ1) is 17.4. The van der Waals surface area contributed by atoms with Crippen LogP contribution in [0.15, 0.2) is 30.5 Å². The number of para-hydroxylation sites is 1. The molecular formula is C26H39N5O6. The van der Waals surface area contributed by atoms with E-state index in [1.165, 1.54) is 6.92 Å². The number of aromatic nitrogens is 1. The zero-order valence-corrected chi connectivity index (χ0v) is 21.9. The van der Waals surface area contributed by atoms with E-state index in [0.29, 0.717) is 6.42 Å². The monoisotopic (exact) mass is 517 g/mol. The summed E-state index contributed by atoms with van der Waals surface area (Å²) in [4.78, 5) is 54.0. The summed E-state index contributed by atoms with van der Waals surface area (Å²) in [6, 6.07) is 2.90. The highest BCUT2D eigenvalue weighted by atomic mass is 16.4. The molecule has 3 amide bonds. The fraction of sp³-hybridized carbons (Fsp3) is 0.538. The molecule has 0 aliphatic carbocycles. The molecule has 0 fully saturated rings. The van der Waals surface area contributed by atoms with Gasteiger partial charge in [-0.1, -0.05) is 52.3 Å². The highest BCUT2D eigenvalue weighted by molar-refractivity contribution is 5.95. The van der Waals surface area contributed by atoms with Crippen molar-refractivity contribution in [2.75, 3.05) is 0 Å². The summed E-state index contributed by atoms with van der Waals surface area (Å²) in [5, 5.41) is 27.8. The molecule has 1 aromatic heterocycles. The van der Waals surface area contributed by atoms with E-state index in [9.17, 15) is 29.4 Å². The van der Waals surface area contributed by atoms with Gasteiger partial charge in [0.2, 0.25) is 17.7 Å². The van der Waals surface area contributed by atoms with Crippen LogP contribution in [-0.4, -0.2) is 69.2 Å². The molecular weight excluding hydrogens is 478 g/mol. The Bertz CT molecular complexity index is 1100. The lowest BCUT2D eigenvalue weighted by Crippen LogP contribution is -2.60. The zero-order chi connectivity index (χ0) is 27.9. The Kier molecular flexibility index (Phi) is 10.6. The van der Waals surface area contributed by atoms with Gasteiger partial charge in [0.05, 0.1) is 12.1 Å². The molecule has 204 valence electrons. The third kappa shape index (κ3) is 7.77. The molecule has 1 heterocycles. The number of aliphatic carboxylic acids is 1. The van der Waals surface area contributed by atoms with Crippen molar-refractivity contribution in [3.8, 4) is 0 Å². The second kappa shape index (κ2) is 13.2. The Morgan fingerprint density at radius 2 is 1.57 bits per heavy atom. The second-order valence-corrected chi connectivity index (χ2v) is 9.83. The summed E-state index contributed by atoms with van der Waals surface area (Å²) in [5.74, 6) is -3.68. The van der Waals surface area contributed by atoms with E-state index in [-0.39, 0.29) is 18.3 Å². The average Bonchev–Trinajstić information content (AvgIpc) is 3.26. The Morgan fingerprint density at radius 1 is 0.946 bits per heavy atom. The molecule has 0 saturated carbocycles. The van der Waals surface area contributed by atoms with Gasteiger partial charge in [0.25, 0.3) is 0 Å². The van der Waals surface area contributed by atoms with Gasteiger partial charge in [0.15, 0.2) is 6.04 Å². The lowest BCUT2D eigenvalue weighted by molar-refractivity contribution is -0.145. The summed E-state index contributed by atoms with van der Waals surface area (Å²) >= 11 is 0. The number of nitrogens with one attached hydrogen (secondary N) is 4. The first kappa shape index (κ1) is 29.8. The van der Waals surface area contributed by atoms with Crippen LogP contribution in [0, 0.1) is 11.8 Å². The summed E-state index contributed by atoms with van der Waals surface area (Å²) < 4.78 is 0. The van der Waals surface area contributed by atoms with Crippen LogP contribution in [0.3, 0.4) is 0 Å². The Morgan fingerprint density at radius 3 is 2.14 bits per heavy atom. The number of aromatic amines is 1. The maximum absolute atomic E-state index is 13.4. The fourth-order valence-corrected chi connectivity index (χ4v) is 3.89. The van der Waals surface area contributed by atoms with Gasteiger partial charge in [-0.2, -0.15) is 0 Å². The Hall–Kier alpha value is -3.44. The largest absolute Gasteiger partial charge is 0.480 e. The number of H-pyrrole nitrogens is 1. The average molecular weight is 518 g/mol. The standard InChI is InChI=1S/C26H39N5O6/c1-6-14(4)21(30-24(34)20(27)13(2)3)25(35)29-19(23(33)31-22(15(5)32)26(36)37)11-16-12-28-18-10-8-7-9-17(16)18/h7-10,12-15,19-22,28,32H,6,11,27H2,1-5H3,(H,29,35)(H,30,34)(H,31,33)(H,36,37). The number of amides is 3. The van der Waals surface area contributed by atoms with Crippen molar-refractivity contribution in [2.24, 2.45) is 17.6 Å². The second-order valence-electron chi connectivity index (χ2n) is 9.83. The third-order valence-corrected chi connectivity index (χ3v) is 6.59. The van der Waals surface area contributed by atoms with Gasteiger partial charge >= 0.3 is 5.97 Å². The van der Waals surface area contributed by atoms with Crippen LogP contribution in [0.4, 0.5) is 0 Å². The lowest BCUT2D eigenvalue weighted by atomic mass is 9.95. The van der Waals surface area contributed by atoms with Gasteiger partial charge < -0.3 is 36.9 Å². The fourth-order valence-electron chi connectivity index (χ4n) is 3.89.